The summed E-state index contributed by atoms with van der Waals surface area (Å²) in [5, 5.41) is 10.7. The molecule has 0 radical (unpaired) electrons. The standard InChI is InChI=1S/C25H30N2O5/c1-2-30-13-11-27-24-15-23(32-22-6-4-3-5-7-22)9-8-19(24)14-20(25(27)29)16-26-10-12-31-18-21(26)17-28/h3-9,14-15,21,28H,2,10-13,16-18H2,1H3. The van der Waals surface area contributed by atoms with E-state index in [4.69, 9.17) is 14.2 Å². The van der Waals surface area contributed by atoms with Gasteiger partial charge in [-0.2, -0.15) is 0 Å². The summed E-state index contributed by atoms with van der Waals surface area (Å²) < 4.78 is 18.8. The van der Waals surface area contributed by atoms with E-state index in [1.807, 2.05) is 61.5 Å². The monoisotopic (exact) mass is 438 g/mol. The highest BCUT2D eigenvalue weighted by Crippen LogP contribution is 2.26. The van der Waals surface area contributed by atoms with Gasteiger partial charge in [-0.15, -0.1) is 0 Å². The highest BCUT2D eigenvalue weighted by Gasteiger charge is 2.24. The van der Waals surface area contributed by atoms with Crippen molar-refractivity contribution in [3.63, 3.8) is 0 Å². The molecule has 1 aliphatic rings. The molecule has 1 atom stereocenters. The zero-order valence-corrected chi connectivity index (χ0v) is 18.4. The topological polar surface area (TPSA) is 73.2 Å². The first-order valence-corrected chi connectivity index (χ1v) is 11.1. The Labute approximate surface area is 187 Å². The zero-order valence-electron chi connectivity index (χ0n) is 18.4. The van der Waals surface area contributed by atoms with Gasteiger partial charge in [-0.3, -0.25) is 9.69 Å². The van der Waals surface area contributed by atoms with Gasteiger partial charge in [0.1, 0.15) is 11.5 Å². The average molecular weight is 439 g/mol. The molecule has 1 aliphatic heterocycles. The molecule has 170 valence electrons. The van der Waals surface area contributed by atoms with Gasteiger partial charge in [0.15, 0.2) is 0 Å². The van der Waals surface area contributed by atoms with Crippen molar-refractivity contribution in [3.8, 4) is 11.5 Å². The second-order valence-electron chi connectivity index (χ2n) is 7.84. The molecule has 0 spiro atoms. The van der Waals surface area contributed by atoms with E-state index in [-0.39, 0.29) is 18.2 Å². The molecule has 1 N–H and O–H groups in total. The number of ether oxygens (including phenoxy) is 3. The molecule has 7 heteroatoms. The van der Waals surface area contributed by atoms with Gasteiger partial charge in [-0.05, 0) is 42.6 Å². The summed E-state index contributed by atoms with van der Waals surface area (Å²) in [4.78, 5) is 15.6. The molecule has 1 fully saturated rings. The van der Waals surface area contributed by atoms with Crippen molar-refractivity contribution in [2.24, 2.45) is 0 Å². The van der Waals surface area contributed by atoms with E-state index >= 15 is 0 Å². The van der Waals surface area contributed by atoms with Crippen molar-refractivity contribution in [1.29, 1.82) is 0 Å². The van der Waals surface area contributed by atoms with Crippen molar-refractivity contribution in [2.45, 2.75) is 26.1 Å². The maximum absolute atomic E-state index is 13.5. The van der Waals surface area contributed by atoms with E-state index in [0.29, 0.717) is 57.4 Å². The number of fused-ring (bicyclic) bond motifs is 1. The van der Waals surface area contributed by atoms with Gasteiger partial charge in [-0.1, -0.05) is 18.2 Å². The molecule has 0 saturated carbocycles. The van der Waals surface area contributed by atoms with Gasteiger partial charge in [0.25, 0.3) is 5.56 Å². The maximum Gasteiger partial charge on any atom is 0.255 e. The van der Waals surface area contributed by atoms with E-state index in [1.54, 1.807) is 4.57 Å². The normalized spacial score (nSPS) is 17.0. The lowest BCUT2D eigenvalue weighted by Crippen LogP contribution is -2.47. The third-order valence-corrected chi connectivity index (χ3v) is 5.72. The van der Waals surface area contributed by atoms with E-state index in [1.165, 1.54) is 0 Å². The fourth-order valence-corrected chi connectivity index (χ4v) is 4.02. The minimum Gasteiger partial charge on any atom is -0.457 e. The zero-order chi connectivity index (χ0) is 22.3. The van der Waals surface area contributed by atoms with Crippen LogP contribution in [-0.4, -0.2) is 60.2 Å². The summed E-state index contributed by atoms with van der Waals surface area (Å²) in [6.45, 7) is 5.69. The predicted molar refractivity (Wildman–Crippen MR) is 123 cm³/mol. The smallest absolute Gasteiger partial charge is 0.255 e. The fourth-order valence-electron chi connectivity index (χ4n) is 4.02. The second-order valence-corrected chi connectivity index (χ2v) is 7.84. The largest absolute Gasteiger partial charge is 0.457 e. The third kappa shape index (κ3) is 5.19. The third-order valence-electron chi connectivity index (χ3n) is 5.72. The van der Waals surface area contributed by atoms with E-state index in [0.717, 1.165) is 16.7 Å². The Bertz CT molecular complexity index is 1080. The van der Waals surface area contributed by atoms with Crippen LogP contribution in [0.25, 0.3) is 10.9 Å². The van der Waals surface area contributed by atoms with Crippen LogP contribution < -0.4 is 10.3 Å². The molecule has 2 aromatic carbocycles. The SMILES string of the molecule is CCOCCn1c(=O)c(CN2CCOCC2CO)cc2ccc(Oc3ccccc3)cc21. The van der Waals surface area contributed by atoms with Crippen LogP contribution >= 0.6 is 0 Å². The quantitative estimate of drug-likeness (QED) is 0.518. The van der Waals surface area contributed by atoms with E-state index in [9.17, 15) is 9.90 Å². The molecule has 0 amide bonds. The Morgan fingerprint density at radius 2 is 1.97 bits per heavy atom. The summed E-state index contributed by atoms with van der Waals surface area (Å²) in [6, 6.07) is 17.2. The number of hydrogen-bond acceptors (Lipinski definition) is 6. The van der Waals surface area contributed by atoms with Gasteiger partial charge in [0, 0.05) is 37.9 Å². The minimum absolute atomic E-state index is 0.00625. The number of rotatable bonds is 9. The number of benzene rings is 2. The van der Waals surface area contributed by atoms with Crippen molar-refractivity contribution in [3.05, 3.63) is 70.5 Å². The fraction of sp³-hybridized carbons (Fsp3) is 0.400. The van der Waals surface area contributed by atoms with Crippen molar-refractivity contribution in [1.82, 2.24) is 9.47 Å². The van der Waals surface area contributed by atoms with Crippen molar-refractivity contribution >= 4 is 10.9 Å². The van der Waals surface area contributed by atoms with Gasteiger partial charge in [0.05, 0.1) is 38.0 Å². The summed E-state index contributed by atoms with van der Waals surface area (Å²) in [7, 11) is 0. The Kier molecular flexibility index (Phi) is 7.55. The van der Waals surface area contributed by atoms with Gasteiger partial charge < -0.3 is 23.9 Å². The first-order chi connectivity index (χ1) is 15.7. The van der Waals surface area contributed by atoms with Crippen LogP contribution in [0.2, 0.25) is 0 Å². The lowest BCUT2D eigenvalue weighted by Gasteiger charge is -2.34. The Hall–Kier alpha value is -2.71. The van der Waals surface area contributed by atoms with Crippen LogP contribution in [0.4, 0.5) is 0 Å². The van der Waals surface area contributed by atoms with E-state index < -0.39 is 0 Å². The molecule has 7 nitrogen and oxygen atoms in total. The number of morpholine rings is 1. The maximum atomic E-state index is 13.5. The van der Waals surface area contributed by atoms with Crippen LogP contribution in [0, 0.1) is 0 Å². The molecule has 4 rings (SSSR count). The molecule has 0 bridgehead atoms. The number of aliphatic hydroxyl groups is 1. The molecule has 2 heterocycles. The molecule has 1 unspecified atom stereocenters. The lowest BCUT2D eigenvalue weighted by atomic mass is 10.1. The Morgan fingerprint density at radius 3 is 2.75 bits per heavy atom. The van der Waals surface area contributed by atoms with Crippen LogP contribution in [0.1, 0.15) is 12.5 Å². The minimum atomic E-state index is -0.0997. The molecular formula is C25H30N2O5. The first kappa shape index (κ1) is 22.5. The predicted octanol–water partition coefficient (Wildman–Crippen LogP) is 3.02. The molecule has 1 aromatic heterocycles. The highest BCUT2D eigenvalue weighted by molar-refractivity contribution is 5.81. The summed E-state index contributed by atoms with van der Waals surface area (Å²) in [5.41, 5.74) is 1.47. The molecular weight excluding hydrogens is 408 g/mol. The molecule has 0 aliphatic carbocycles. The average Bonchev–Trinajstić information content (AvgIpc) is 2.82. The van der Waals surface area contributed by atoms with Crippen molar-refractivity contribution in [2.75, 3.05) is 39.6 Å². The van der Waals surface area contributed by atoms with E-state index in [2.05, 4.69) is 4.90 Å². The molecule has 1 saturated heterocycles. The number of hydrogen-bond donors (Lipinski definition) is 1. The number of aromatic nitrogens is 1. The van der Waals surface area contributed by atoms with Crippen LogP contribution in [-0.2, 0) is 22.6 Å². The Morgan fingerprint density at radius 1 is 1.12 bits per heavy atom. The van der Waals surface area contributed by atoms with Crippen molar-refractivity contribution < 1.29 is 19.3 Å². The summed E-state index contributed by atoms with van der Waals surface area (Å²) in [6.07, 6.45) is 0. The van der Waals surface area contributed by atoms with Gasteiger partial charge >= 0.3 is 0 Å². The Balaban J connectivity index is 1.70. The summed E-state index contributed by atoms with van der Waals surface area (Å²) >= 11 is 0. The number of aliphatic hydroxyl groups excluding tert-OH is 1. The van der Waals surface area contributed by atoms with Gasteiger partial charge in [-0.25, -0.2) is 0 Å². The summed E-state index contributed by atoms with van der Waals surface area (Å²) in [5.74, 6) is 1.42. The van der Waals surface area contributed by atoms with Crippen LogP contribution in [0.15, 0.2) is 59.4 Å². The van der Waals surface area contributed by atoms with Crippen LogP contribution in [0.5, 0.6) is 11.5 Å². The first-order valence-electron chi connectivity index (χ1n) is 11.1. The molecule has 32 heavy (non-hydrogen) atoms. The number of nitrogens with zero attached hydrogens (tertiary/aromatic N) is 2. The van der Waals surface area contributed by atoms with Gasteiger partial charge in [0.2, 0.25) is 0 Å². The highest BCUT2D eigenvalue weighted by atomic mass is 16.5. The number of para-hydroxylation sites is 1. The number of pyridine rings is 1. The second kappa shape index (κ2) is 10.7. The van der Waals surface area contributed by atoms with Crippen LogP contribution in [0.3, 0.4) is 0 Å². The molecule has 3 aromatic rings. The lowest BCUT2D eigenvalue weighted by molar-refractivity contribution is -0.0314.